The van der Waals surface area contributed by atoms with Gasteiger partial charge in [0, 0.05) is 5.56 Å². The van der Waals surface area contributed by atoms with Crippen LogP contribution in [0.15, 0.2) is 194 Å². The Kier molecular flexibility index (Phi) is 8.01. The Balaban J connectivity index is 1.12. The molecular formula is C48H35N. The molecule has 1 heteroatoms. The summed E-state index contributed by atoms with van der Waals surface area (Å²) in [6.45, 7) is 8.34. The summed E-state index contributed by atoms with van der Waals surface area (Å²) in [5, 5.41) is 2.65. The second-order valence-electron chi connectivity index (χ2n) is 12.4. The first kappa shape index (κ1) is 30.1. The lowest BCUT2D eigenvalue weighted by molar-refractivity contribution is 1.40. The van der Waals surface area contributed by atoms with Crippen LogP contribution < -0.4 is 0 Å². The molecule has 0 amide bonds. The van der Waals surface area contributed by atoms with E-state index in [2.05, 4.69) is 147 Å². The van der Waals surface area contributed by atoms with Gasteiger partial charge in [-0.15, -0.1) is 6.58 Å². The fourth-order valence-corrected chi connectivity index (χ4v) is 6.99. The predicted octanol–water partition coefficient (Wildman–Crippen LogP) is 12.9. The highest BCUT2D eigenvalue weighted by atomic mass is 14.8. The first-order valence-corrected chi connectivity index (χ1v) is 16.7. The van der Waals surface area contributed by atoms with Crippen LogP contribution in [0.5, 0.6) is 0 Å². The molecule has 0 heterocycles. The van der Waals surface area contributed by atoms with Crippen LogP contribution in [0.1, 0.15) is 23.1 Å². The number of benzene rings is 7. The van der Waals surface area contributed by atoms with E-state index >= 15 is 0 Å². The average molecular weight is 626 g/mol. The fraction of sp³-hybridized carbons (Fsp3) is 0.0208. The van der Waals surface area contributed by atoms with E-state index in [9.17, 15) is 0 Å². The van der Waals surface area contributed by atoms with Crippen LogP contribution >= 0.6 is 0 Å². The molecule has 1 nitrogen and oxygen atoms in total. The molecule has 7 aromatic rings. The summed E-state index contributed by atoms with van der Waals surface area (Å²) in [4.78, 5) is 5.08. The lowest BCUT2D eigenvalue weighted by atomic mass is 9.93. The van der Waals surface area contributed by atoms with E-state index in [0.29, 0.717) is 0 Å². The molecule has 0 radical (unpaired) electrons. The van der Waals surface area contributed by atoms with Gasteiger partial charge in [0.2, 0.25) is 0 Å². The van der Waals surface area contributed by atoms with Gasteiger partial charge in [-0.3, -0.25) is 0 Å². The SMILES string of the molecule is C=CC/C(=C\C(=NC(=C)c1ccccc1)c1ccc(-c2ccc(-c3ccc4c5c(cccc35)-c3ccccc3-4)cc2)cc1)c1ccccc1. The Morgan fingerprint density at radius 1 is 0.469 bits per heavy atom. The third kappa shape index (κ3) is 5.77. The molecule has 1 aliphatic rings. The van der Waals surface area contributed by atoms with Crippen LogP contribution in [0.2, 0.25) is 0 Å². The third-order valence-electron chi connectivity index (χ3n) is 9.44. The highest BCUT2D eigenvalue weighted by Gasteiger charge is 2.22. The van der Waals surface area contributed by atoms with Crippen LogP contribution in [0, 0.1) is 0 Å². The van der Waals surface area contributed by atoms with Gasteiger partial charge in [0.05, 0.1) is 11.4 Å². The number of allylic oxidation sites excluding steroid dienone is 3. The number of hydrogen-bond acceptors (Lipinski definition) is 1. The second kappa shape index (κ2) is 13.1. The van der Waals surface area contributed by atoms with Crippen LogP contribution in [0.3, 0.4) is 0 Å². The molecule has 232 valence electrons. The summed E-state index contributed by atoms with van der Waals surface area (Å²) in [6, 6.07) is 58.2. The third-order valence-corrected chi connectivity index (χ3v) is 9.44. The van der Waals surface area contributed by atoms with Crippen LogP contribution in [0.25, 0.3) is 66.6 Å². The second-order valence-corrected chi connectivity index (χ2v) is 12.4. The van der Waals surface area contributed by atoms with Crippen molar-refractivity contribution in [1.82, 2.24) is 0 Å². The highest BCUT2D eigenvalue weighted by Crippen LogP contribution is 2.49. The summed E-state index contributed by atoms with van der Waals surface area (Å²) in [5.74, 6) is 0. The highest BCUT2D eigenvalue weighted by molar-refractivity contribution is 6.18. The number of rotatable bonds is 9. The van der Waals surface area contributed by atoms with E-state index in [1.807, 2.05) is 42.5 Å². The van der Waals surface area contributed by atoms with Crippen molar-refractivity contribution in [2.45, 2.75) is 6.42 Å². The Morgan fingerprint density at radius 2 is 1.00 bits per heavy atom. The zero-order valence-corrected chi connectivity index (χ0v) is 27.3. The summed E-state index contributed by atoms with van der Waals surface area (Å²) >= 11 is 0. The zero-order chi connectivity index (χ0) is 33.2. The summed E-state index contributed by atoms with van der Waals surface area (Å²) in [5.41, 5.74) is 16.0. The Labute approximate surface area is 288 Å². The molecule has 0 atom stereocenters. The van der Waals surface area contributed by atoms with Crippen molar-refractivity contribution in [2.24, 2.45) is 4.99 Å². The minimum atomic E-state index is 0.726. The van der Waals surface area contributed by atoms with Gasteiger partial charge in [-0.25, -0.2) is 4.99 Å². The van der Waals surface area contributed by atoms with Crippen LogP contribution in [-0.2, 0) is 0 Å². The van der Waals surface area contributed by atoms with Crippen molar-refractivity contribution in [1.29, 1.82) is 0 Å². The number of nitrogens with zero attached hydrogens (tertiary/aromatic N) is 1. The monoisotopic (exact) mass is 625 g/mol. The van der Waals surface area contributed by atoms with Gasteiger partial charge in [0.1, 0.15) is 0 Å². The minimum absolute atomic E-state index is 0.726. The van der Waals surface area contributed by atoms with Crippen molar-refractivity contribution in [3.8, 4) is 44.5 Å². The van der Waals surface area contributed by atoms with E-state index in [4.69, 9.17) is 4.99 Å². The quantitative estimate of drug-likeness (QED) is 0.112. The number of hydrogen-bond donors (Lipinski definition) is 0. The Bertz CT molecular complexity index is 2360. The van der Waals surface area contributed by atoms with E-state index in [0.717, 1.165) is 45.7 Å². The summed E-state index contributed by atoms with van der Waals surface area (Å²) < 4.78 is 0. The van der Waals surface area contributed by atoms with Gasteiger partial charge >= 0.3 is 0 Å². The normalized spacial score (nSPS) is 12.2. The van der Waals surface area contributed by atoms with Gasteiger partial charge in [-0.2, -0.15) is 0 Å². The Morgan fingerprint density at radius 3 is 1.65 bits per heavy atom. The van der Waals surface area contributed by atoms with Gasteiger partial charge < -0.3 is 0 Å². The van der Waals surface area contributed by atoms with Crippen molar-refractivity contribution >= 4 is 27.8 Å². The summed E-state index contributed by atoms with van der Waals surface area (Å²) in [6.07, 6.45) is 4.85. The van der Waals surface area contributed by atoms with E-state index in [1.165, 1.54) is 49.7 Å². The predicted molar refractivity (Wildman–Crippen MR) is 210 cm³/mol. The molecule has 0 fully saturated rings. The van der Waals surface area contributed by atoms with Gasteiger partial charge in [0.15, 0.2) is 0 Å². The lowest BCUT2D eigenvalue weighted by Gasteiger charge is -2.12. The van der Waals surface area contributed by atoms with Gasteiger partial charge in [-0.1, -0.05) is 176 Å². The smallest absolute Gasteiger partial charge is 0.0712 e. The molecule has 0 saturated carbocycles. The topological polar surface area (TPSA) is 12.4 Å². The molecule has 0 aliphatic heterocycles. The molecule has 0 aromatic heterocycles. The molecule has 0 unspecified atom stereocenters. The maximum absolute atomic E-state index is 5.08. The van der Waals surface area contributed by atoms with Crippen molar-refractivity contribution < 1.29 is 0 Å². The molecule has 0 saturated heterocycles. The Hall–Kier alpha value is -6.31. The molecule has 0 spiro atoms. The van der Waals surface area contributed by atoms with E-state index in [1.54, 1.807) is 0 Å². The first-order valence-electron chi connectivity index (χ1n) is 16.7. The summed E-state index contributed by atoms with van der Waals surface area (Å²) in [7, 11) is 0. The van der Waals surface area contributed by atoms with Crippen LogP contribution in [-0.4, -0.2) is 5.71 Å². The molecule has 0 bridgehead atoms. The molecule has 1 aliphatic carbocycles. The molecule has 8 rings (SSSR count). The van der Waals surface area contributed by atoms with Crippen molar-refractivity contribution in [2.75, 3.05) is 0 Å². The zero-order valence-electron chi connectivity index (χ0n) is 27.3. The van der Waals surface area contributed by atoms with Gasteiger partial charge in [0.25, 0.3) is 0 Å². The maximum atomic E-state index is 5.08. The molecule has 0 N–H and O–H groups in total. The van der Waals surface area contributed by atoms with Crippen LogP contribution in [0.4, 0.5) is 0 Å². The standard InChI is InChI=1S/C48H35N/c1-3-13-40(35-16-8-5-9-17-35)32-47(49-33(2)34-14-6-4-7-15-34)39-28-24-37(25-29-39)36-22-26-38(27-23-36)41-30-31-46-43-19-11-10-18-42(43)45-21-12-20-44(41)48(45)46/h3-12,14-32H,1-2,13H2/b40-32+,49-47?. The van der Waals surface area contributed by atoms with Crippen molar-refractivity contribution in [3.63, 3.8) is 0 Å². The maximum Gasteiger partial charge on any atom is 0.0712 e. The van der Waals surface area contributed by atoms with E-state index in [-0.39, 0.29) is 0 Å². The first-order chi connectivity index (χ1) is 24.2. The minimum Gasteiger partial charge on any atom is -0.248 e. The molecular weight excluding hydrogens is 591 g/mol. The van der Waals surface area contributed by atoms with E-state index < -0.39 is 0 Å². The number of aliphatic imine (C=N–C) groups is 1. The van der Waals surface area contributed by atoms with Crippen molar-refractivity contribution in [3.05, 3.63) is 206 Å². The lowest BCUT2D eigenvalue weighted by Crippen LogP contribution is -2.00. The number of fused-ring (bicyclic) bond motifs is 3. The molecule has 7 aromatic carbocycles. The largest absolute Gasteiger partial charge is 0.248 e. The fourth-order valence-electron chi connectivity index (χ4n) is 6.99. The van der Waals surface area contributed by atoms with Gasteiger partial charge in [-0.05, 0) is 84.5 Å². The molecule has 49 heavy (non-hydrogen) atoms. The average Bonchev–Trinajstić information content (AvgIpc) is 3.50.